The lowest BCUT2D eigenvalue weighted by atomic mass is 9.48. The summed E-state index contributed by atoms with van der Waals surface area (Å²) in [6.07, 6.45) is 56.1. The van der Waals surface area contributed by atoms with Gasteiger partial charge in [-0.15, -0.1) is 5.16 Å². The van der Waals surface area contributed by atoms with Crippen LogP contribution in [-0.4, -0.2) is 171 Å². The zero-order chi connectivity index (χ0) is 85.5. The highest BCUT2D eigenvalue weighted by atomic mass is 32.2. The summed E-state index contributed by atoms with van der Waals surface area (Å²) in [4.78, 5) is 23.0. The molecule has 26 nitrogen and oxygen atoms in total. The zero-order valence-electron chi connectivity index (χ0n) is 72.1. The monoisotopic (exact) mass is 1720 g/mol. The third-order valence-electron chi connectivity index (χ3n) is 32.4. The number of allylic oxidation sites excluding steroid dienone is 5. The van der Waals surface area contributed by atoms with Crippen LogP contribution in [-0.2, 0) is 56.9 Å². The second kappa shape index (κ2) is 31.6. The van der Waals surface area contributed by atoms with Gasteiger partial charge in [-0.3, -0.25) is 24.9 Å². The van der Waals surface area contributed by atoms with Crippen molar-refractivity contribution in [3.63, 3.8) is 0 Å². The number of nitrogens with one attached hydrogen (secondary N) is 6. The Labute approximate surface area is 734 Å². The van der Waals surface area contributed by atoms with Crippen LogP contribution in [0.4, 0.5) is 0 Å². The maximum absolute atomic E-state index is 11.9. The standard InChI is InChI=1S/3C20H24BN3O.C16H21BN4O3S.C16H20BN3O4S/c3*1-21-15-10-22-16-4-2-3-14(16)18(15)19(23-24-21)17-12-5-11-6-13(17)9-20(25,7-11)8-12;1-2-6-25(23,24)20-11-7-10(8-11)16-15-12-4-3-5-14(12)18-9-13(15)17(22)21-19-16;1-2-6-25(22,23)20-11-7-10(8-11)16-15-12-4-3-5-14(12)18-9-13(15)17(21)24-19-16/h3*2-3,10-13,17,24-25H,4-9H2,1H3;3-4,9-11,20-22H,2,5-8H2,1H3;3-4,9-11,20-21H,2,5-8H2,1H3/t2*11?,12-,13+,17?,20?;;;. The van der Waals surface area contributed by atoms with Gasteiger partial charge in [-0.25, -0.2) is 26.3 Å². The topological polar surface area (TPSA) is 377 Å². The number of hydrazone groups is 4. The Morgan fingerprint density at radius 2 is 0.680 bits per heavy atom. The number of pyridine rings is 5. The molecule has 12 bridgehead atoms. The Morgan fingerprint density at radius 1 is 0.392 bits per heavy atom. The molecule has 0 aromatic carbocycles. The molecule has 8 unspecified atom stereocenters. The van der Waals surface area contributed by atoms with Crippen LogP contribution >= 0.6 is 0 Å². The van der Waals surface area contributed by atoms with Crippen LogP contribution in [0.2, 0.25) is 20.5 Å². The Balaban J connectivity index is 0.0000000927. The molecular weight excluding hydrogens is 1610 g/mol. The van der Waals surface area contributed by atoms with E-state index in [9.17, 15) is 42.2 Å². The van der Waals surface area contributed by atoms with E-state index in [2.05, 4.69) is 133 Å². The highest BCUT2D eigenvalue weighted by Gasteiger charge is 2.61. The molecule has 29 rings (SSSR count). The number of oxime groups is 1. The van der Waals surface area contributed by atoms with Crippen LogP contribution < -0.4 is 58.1 Å². The maximum atomic E-state index is 11.9. The van der Waals surface area contributed by atoms with Crippen molar-refractivity contribution in [3.05, 3.63) is 145 Å². The number of fused-ring (bicyclic) bond motifs is 15. The van der Waals surface area contributed by atoms with Gasteiger partial charge in [0.15, 0.2) is 0 Å². The molecule has 19 aliphatic carbocycles. The predicted molar refractivity (Wildman–Crippen MR) is 494 cm³/mol. The van der Waals surface area contributed by atoms with E-state index >= 15 is 0 Å². The molecule has 5 aromatic heterocycles. The smallest absolute Gasteiger partial charge is 0.428 e. The lowest BCUT2D eigenvalue weighted by Crippen LogP contribution is -2.58. The first kappa shape index (κ1) is 82.4. The van der Waals surface area contributed by atoms with E-state index in [1.807, 2.05) is 32.1 Å². The lowest BCUT2D eigenvalue weighted by Gasteiger charge is -2.58. The van der Waals surface area contributed by atoms with Crippen LogP contribution in [0.5, 0.6) is 0 Å². The summed E-state index contributed by atoms with van der Waals surface area (Å²) in [5, 5.41) is 89.2. The molecule has 5 aromatic rings. The fourth-order valence-corrected chi connectivity index (χ4v) is 30.5. The largest absolute Gasteiger partial charge is 0.585 e. The third-order valence-corrected chi connectivity index (χ3v) is 35.7. The summed E-state index contributed by atoms with van der Waals surface area (Å²) in [5.74, 6) is 7.83. The van der Waals surface area contributed by atoms with Gasteiger partial charge >= 0.3 is 34.7 Å². The van der Waals surface area contributed by atoms with Crippen LogP contribution in [0.3, 0.4) is 0 Å². The number of hydrogen-bond acceptors (Lipinski definition) is 24. The highest BCUT2D eigenvalue weighted by molar-refractivity contribution is 7.89. The van der Waals surface area contributed by atoms with Gasteiger partial charge < -0.3 is 51.5 Å². The van der Waals surface area contributed by atoms with Crippen molar-refractivity contribution in [1.29, 1.82) is 0 Å². The summed E-state index contributed by atoms with van der Waals surface area (Å²) in [6, 6.07) is -0.102. The van der Waals surface area contributed by atoms with Gasteiger partial charge in [-0.2, -0.15) is 20.4 Å². The maximum Gasteiger partial charge on any atom is 0.585 e. The molecule has 5 aliphatic heterocycles. The summed E-state index contributed by atoms with van der Waals surface area (Å²) in [5.41, 5.74) is 27.0. The number of rotatable bonds is 13. The van der Waals surface area contributed by atoms with Crippen molar-refractivity contribution >= 4 is 141 Å². The average Bonchev–Trinajstić information content (AvgIpc) is 1.34. The first-order valence-electron chi connectivity index (χ1n) is 46.8. The van der Waals surface area contributed by atoms with Crippen molar-refractivity contribution in [2.24, 2.45) is 108 Å². The second-order valence-electron chi connectivity index (χ2n) is 41.0. The number of sulfonamides is 2. The fraction of sp³-hybridized carbons (Fsp3) is 0.565. The molecular formula is C92H113B5N16O10S2. The zero-order valence-corrected chi connectivity index (χ0v) is 73.8. The number of aromatic nitrogens is 5. The minimum absolute atomic E-state index is 0.0371. The Hall–Kier alpha value is -8.26. The van der Waals surface area contributed by atoms with Gasteiger partial charge in [0.05, 0.1) is 85.3 Å². The molecule has 0 amide bonds. The Morgan fingerprint density at radius 3 is 1.00 bits per heavy atom. The van der Waals surface area contributed by atoms with E-state index in [0.717, 1.165) is 171 Å². The fourth-order valence-electron chi connectivity index (χ4n) is 27.8. The first-order valence-corrected chi connectivity index (χ1v) is 50.1. The molecule has 14 saturated carbocycles. The van der Waals surface area contributed by atoms with E-state index in [4.69, 9.17) is 35.0 Å². The Kier molecular flexibility index (Phi) is 20.8. The van der Waals surface area contributed by atoms with Gasteiger partial charge in [-0.1, -0.05) is 95.1 Å². The summed E-state index contributed by atoms with van der Waals surface area (Å²) >= 11 is 0. The van der Waals surface area contributed by atoms with E-state index < -0.39 is 34.2 Å². The van der Waals surface area contributed by atoms with Crippen molar-refractivity contribution in [3.8, 4) is 0 Å². The lowest BCUT2D eigenvalue weighted by molar-refractivity contribution is -0.138. The predicted octanol–water partition coefficient (Wildman–Crippen LogP) is 5.86. The molecule has 24 aliphatic rings. The van der Waals surface area contributed by atoms with Crippen molar-refractivity contribution in [2.45, 2.75) is 230 Å². The number of aliphatic hydroxyl groups is 3. The summed E-state index contributed by atoms with van der Waals surface area (Å²) in [7, 11) is -8.36. The molecule has 10 heterocycles. The average molecular weight is 1720 g/mol. The van der Waals surface area contributed by atoms with Gasteiger partial charge in [-0.05, 0) is 204 Å². The molecule has 11 N–H and O–H groups in total. The van der Waals surface area contributed by atoms with Gasteiger partial charge in [0, 0.05) is 171 Å². The normalized spacial score (nSPS) is 33.6. The molecule has 0 radical (unpaired) electrons. The second-order valence-corrected chi connectivity index (χ2v) is 44.8. The molecule has 0 saturated heterocycles. The molecule has 125 heavy (non-hydrogen) atoms. The SMILES string of the molecule is CB1NN=C(C2C3CC4CC2CC(O)(C4)C3)c2c1cnc1c2C=CC1.CB1NN=C(C2[C@@H]3CC4C[C@H]2CC(O)(C4)C3)c2c1cnc1c2C=CC1.CB1NN=C(C2[C@@H]3CC4C[C@H]2CC(O)(C4)C3)c2c1cnc1c2C=CC1.CCCS(=O)(=O)NC1CC(C2=NNB(O)c3cnc4c(c32)C=CC4)C1.CCCS(=O)(=O)NC1CC(C2=NOB(O)c3cnc4c(c32)C=CC4)C1. The molecule has 33 heteroatoms. The molecule has 12 atom stereocenters. The molecule has 648 valence electrons. The van der Waals surface area contributed by atoms with E-state index in [1.165, 1.54) is 123 Å². The first-order chi connectivity index (χ1) is 60.3. The minimum Gasteiger partial charge on any atom is -0.428 e. The number of nitrogens with zero attached hydrogens (tertiary/aromatic N) is 10. The minimum atomic E-state index is -3.21. The third kappa shape index (κ3) is 14.7. The van der Waals surface area contributed by atoms with E-state index in [0.29, 0.717) is 84.4 Å². The van der Waals surface area contributed by atoms with Crippen LogP contribution in [0.25, 0.3) is 30.4 Å². The quantitative estimate of drug-likeness (QED) is 0.0615. The van der Waals surface area contributed by atoms with E-state index in [-0.39, 0.29) is 72.8 Å². The van der Waals surface area contributed by atoms with Gasteiger partial charge in [0.1, 0.15) is 0 Å². The Bertz CT molecular complexity index is 5330. The van der Waals surface area contributed by atoms with Gasteiger partial charge in [0.2, 0.25) is 20.0 Å². The highest BCUT2D eigenvalue weighted by Crippen LogP contribution is 2.62. The molecule has 14 fully saturated rings. The summed E-state index contributed by atoms with van der Waals surface area (Å²) < 4.78 is 58.3. The van der Waals surface area contributed by atoms with Crippen molar-refractivity contribution < 1.29 is 47.0 Å². The van der Waals surface area contributed by atoms with Gasteiger partial charge in [0.25, 0.3) is 0 Å². The van der Waals surface area contributed by atoms with Crippen LogP contribution in [0.15, 0.2) is 86.9 Å². The van der Waals surface area contributed by atoms with Crippen molar-refractivity contribution in [2.75, 3.05) is 11.5 Å². The van der Waals surface area contributed by atoms with Crippen LogP contribution in [0.1, 0.15) is 233 Å². The molecule has 0 spiro atoms. The number of hydrogen-bond donors (Lipinski definition) is 11. The van der Waals surface area contributed by atoms with E-state index in [1.54, 1.807) is 12.4 Å². The summed E-state index contributed by atoms with van der Waals surface area (Å²) in [6.45, 7) is 10.9. The van der Waals surface area contributed by atoms with Crippen molar-refractivity contribution in [1.82, 2.24) is 55.7 Å². The van der Waals surface area contributed by atoms with Crippen LogP contribution in [0, 0.1) is 82.9 Å².